The van der Waals surface area contributed by atoms with Crippen molar-refractivity contribution in [1.82, 2.24) is 41.0 Å². The average Bonchev–Trinajstić information content (AvgIpc) is 3.25. The highest BCUT2D eigenvalue weighted by atomic mass is 32.2. The molecule has 0 radical (unpaired) electrons. The Morgan fingerprint density at radius 1 is 1.24 bits per heavy atom. The molecule has 10 heteroatoms. The van der Waals surface area contributed by atoms with E-state index in [2.05, 4.69) is 45.0 Å². The number of carbonyl (C=O) groups is 1. The van der Waals surface area contributed by atoms with Gasteiger partial charge in [0.05, 0.1) is 17.3 Å². The van der Waals surface area contributed by atoms with Crippen LogP contribution in [0.3, 0.4) is 0 Å². The number of nitrogens with zero attached hydrogens (tertiary/aromatic N) is 5. The van der Waals surface area contributed by atoms with E-state index in [9.17, 15) is 4.79 Å². The zero-order valence-corrected chi connectivity index (χ0v) is 20.7. The molecular formula is C24H30N8OS. The number of thioether (sulfide) groups is 1. The number of carbonyl (C=O) groups excluding carboxylic acids is 1. The van der Waals surface area contributed by atoms with Crippen molar-refractivity contribution in [3.8, 4) is 23.2 Å². The lowest BCUT2D eigenvalue weighted by Crippen LogP contribution is -2.44. The normalized spacial score (nSPS) is 24.6. The SMILES string of the molecule is CCC1NN(C)C=C1c1cc(-c2ccn(C)n2)ncc1C(=O)NC1NN(C)C(C#CC2CC2)S1. The van der Waals surface area contributed by atoms with Crippen molar-refractivity contribution in [2.75, 3.05) is 14.1 Å². The van der Waals surface area contributed by atoms with Gasteiger partial charge in [-0.1, -0.05) is 30.5 Å². The van der Waals surface area contributed by atoms with Crippen LogP contribution in [0.2, 0.25) is 0 Å². The van der Waals surface area contributed by atoms with Crippen molar-refractivity contribution in [3.05, 3.63) is 41.9 Å². The first-order valence-electron chi connectivity index (χ1n) is 11.6. The van der Waals surface area contributed by atoms with E-state index >= 15 is 0 Å². The maximum Gasteiger partial charge on any atom is 0.255 e. The molecule has 0 spiro atoms. The van der Waals surface area contributed by atoms with Crippen LogP contribution in [0.15, 0.2) is 30.7 Å². The summed E-state index contributed by atoms with van der Waals surface area (Å²) in [4.78, 5) is 18.0. The standard InChI is InChI=1S/C24H30N8OS/c1-5-19-18(14-31(3)27-19)16-12-21(20-10-11-30(2)28-20)25-13-17(16)23(33)26-24-29-32(4)22(34-24)9-8-15-6-7-15/h10-15,19,22,24,27,29H,5-7H2,1-4H3,(H,26,33). The summed E-state index contributed by atoms with van der Waals surface area (Å²) in [5.74, 6) is 7.01. The molecule has 1 amide bonds. The number of aryl methyl sites for hydroxylation is 1. The van der Waals surface area contributed by atoms with E-state index in [-0.39, 0.29) is 22.8 Å². The van der Waals surface area contributed by atoms with Gasteiger partial charge in [-0.05, 0) is 42.5 Å². The quantitative estimate of drug-likeness (QED) is 0.562. The molecule has 4 heterocycles. The molecule has 9 nitrogen and oxygen atoms in total. The van der Waals surface area contributed by atoms with Crippen molar-refractivity contribution in [2.24, 2.45) is 13.0 Å². The Morgan fingerprint density at radius 3 is 2.76 bits per heavy atom. The molecular weight excluding hydrogens is 448 g/mol. The monoisotopic (exact) mass is 478 g/mol. The molecule has 3 aliphatic rings. The molecule has 2 fully saturated rings. The lowest BCUT2D eigenvalue weighted by molar-refractivity contribution is 0.0933. The Labute approximate surface area is 204 Å². The summed E-state index contributed by atoms with van der Waals surface area (Å²) >= 11 is 1.60. The molecule has 1 saturated carbocycles. The summed E-state index contributed by atoms with van der Waals surface area (Å²) in [6.45, 7) is 2.13. The molecule has 5 rings (SSSR count). The van der Waals surface area contributed by atoms with Crippen LogP contribution in [-0.4, -0.2) is 61.7 Å². The van der Waals surface area contributed by atoms with Gasteiger partial charge < -0.3 is 10.3 Å². The minimum absolute atomic E-state index is 0.00916. The summed E-state index contributed by atoms with van der Waals surface area (Å²) in [7, 11) is 5.80. The number of aromatic nitrogens is 3. The van der Waals surface area contributed by atoms with Crippen LogP contribution in [-0.2, 0) is 7.05 Å². The smallest absolute Gasteiger partial charge is 0.255 e. The van der Waals surface area contributed by atoms with E-state index in [4.69, 9.17) is 0 Å². The van der Waals surface area contributed by atoms with Gasteiger partial charge in [-0.3, -0.25) is 14.5 Å². The fourth-order valence-electron chi connectivity index (χ4n) is 4.10. The topological polar surface area (TPSA) is 90.3 Å². The van der Waals surface area contributed by atoms with Gasteiger partial charge in [0.15, 0.2) is 0 Å². The molecule has 1 saturated heterocycles. The van der Waals surface area contributed by atoms with Gasteiger partial charge in [0.25, 0.3) is 5.91 Å². The van der Waals surface area contributed by atoms with Crippen LogP contribution in [0.5, 0.6) is 0 Å². The number of rotatable bonds is 5. The number of hydrazine groups is 2. The van der Waals surface area contributed by atoms with E-state index in [0.29, 0.717) is 11.5 Å². The summed E-state index contributed by atoms with van der Waals surface area (Å²) in [6, 6.07) is 4.01. The summed E-state index contributed by atoms with van der Waals surface area (Å²) in [5, 5.41) is 11.5. The van der Waals surface area contributed by atoms with Crippen LogP contribution in [0.25, 0.3) is 17.0 Å². The van der Waals surface area contributed by atoms with Gasteiger partial charge in [-0.2, -0.15) is 5.10 Å². The zero-order valence-electron chi connectivity index (χ0n) is 19.9. The average molecular weight is 479 g/mol. The minimum atomic E-state index is -0.264. The fraction of sp³-hybridized carbons (Fsp3) is 0.458. The Kier molecular flexibility index (Phi) is 6.36. The van der Waals surface area contributed by atoms with E-state index in [0.717, 1.165) is 28.9 Å². The van der Waals surface area contributed by atoms with Crippen molar-refractivity contribution < 1.29 is 4.79 Å². The van der Waals surface area contributed by atoms with E-state index in [1.165, 1.54) is 12.8 Å². The molecule has 2 aromatic heterocycles. The van der Waals surface area contributed by atoms with Crippen molar-refractivity contribution >= 4 is 23.2 Å². The molecule has 1 aliphatic carbocycles. The maximum atomic E-state index is 13.5. The van der Waals surface area contributed by atoms with Gasteiger partial charge in [-0.15, -0.1) is 0 Å². The number of amides is 1. The van der Waals surface area contributed by atoms with Gasteiger partial charge in [0.2, 0.25) is 0 Å². The third kappa shape index (κ3) is 4.83. The molecule has 3 atom stereocenters. The van der Waals surface area contributed by atoms with E-state index < -0.39 is 0 Å². The van der Waals surface area contributed by atoms with Crippen molar-refractivity contribution in [2.45, 2.75) is 43.1 Å². The molecule has 178 valence electrons. The van der Waals surface area contributed by atoms with E-state index in [1.807, 2.05) is 55.7 Å². The Hall–Kier alpha value is -2.84. The predicted molar refractivity (Wildman–Crippen MR) is 133 cm³/mol. The highest BCUT2D eigenvalue weighted by Gasteiger charge is 2.32. The van der Waals surface area contributed by atoms with Gasteiger partial charge >= 0.3 is 0 Å². The molecule has 3 N–H and O–H groups in total. The van der Waals surface area contributed by atoms with Gasteiger partial charge in [0, 0.05) is 45.7 Å². The highest BCUT2D eigenvalue weighted by molar-refractivity contribution is 8.00. The van der Waals surface area contributed by atoms with Crippen LogP contribution >= 0.6 is 11.8 Å². The molecule has 2 aromatic rings. The number of nitrogens with one attached hydrogen (secondary N) is 3. The molecule has 0 aromatic carbocycles. The second kappa shape index (κ2) is 9.43. The molecule has 2 aliphatic heterocycles. The highest BCUT2D eigenvalue weighted by Crippen LogP contribution is 2.32. The summed E-state index contributed by atoms with van der Waals surface area (Å²) < 4.78 is 1.75. The number of hydrogen-bond donors (Lipinski definition) is 3. The van der Waals surface area contributed by atoms with Crippen LogP contribution in [0.4, 0.5) is 0 Å². The lowest BCUT2D eigenvalue weighted by atomic mass is 9.94. The van der Waals surface area contributed by atoms with Crippen molar-refractivity contribution in [1.29, 1.82) is 0 Å². The lowest BCUT2D eigenvalue weighted by Gasteiger charge is -2.19. The second-order valence-corrected chi connectivity index (χ2v) is 10.1. The minimum Gasteiger partial charge on any atom is -0.327 e. The third-order valence-electron chi connectivity index (χ3n) is 6.10. The zero-order chi connectivity index (χ0) is 23.8. The van der Waals surface area contributed by atoms with Crippen LogP contribution in [0, 0.1) is 17.8 Å². The molecule has 34 heavy (non-hydrogen) atoms. The van der Waals surface area contributed by atoms with Crippen LogP contribution < -0.4 is 16.2 Å². The largest absolute Gasteiger partial charge is 0.327 e. The second-order valence-electron chi connectivity index (χ2n) is 8.92. The molecule has 3 unspecified atom stereocenters. The van der Waals surface area contributed by atoms with Crippen molar-refractivity contribution in [3.63, 3.8) is 0 Å². The van der Waals surface area contributed by atoms with Crippen LogP contribution in [0.1, 0.15) is 42.1 Å². The van der Waals surface area contributed by atoms with Gasteiger partial charge in [0.1, 0.15) is 16.6 Å². The molecule has 0 bridgehead atoms. The Morgan fingerprint density at radius 2 is 2.06 bits per heavy atom. The number of hydrogen-bond acceptors (Lipinski definition) is 8. The maximum absolute atomic E-state index is 13.5. The Bertz CT molecular complexity index is 1180. The number of pyridine rings is 1. The van der Waals surface area contributed by atoms with E-state index in [1.54, 1.807) is 22.6 Å². The summed E-state index contributed by atoms with van der Waals surface area (Å²) in [6.07, 6.45) is 8.88. The predicted octanol–water partition coefficient (Wildman–Crippen LogP) is 1.99. The Balaban J connectivity index is 1.41. The first-order chi connectivity index (χ1) is 16.4. The third-order valence-corrected chi connectivity index (χ3v) is 7.29. The van der Waals surface area contributed by atoms with Gasteiger partial charge in [-0.25, -0.2) is 15.9 Å². The summed E-state index contributed by atoms with van der Waals surface area (Å²) in [5.41, 5.74) is 10.4. The fourth-order valence-corrected chi connectivity index (χ4v) is 5.14. The first-order valence-corrected chi connectivity index (χ1v) is 12.5. The first kappa shape index (κ1) is 22.9.